The van der Waals surface area contributed by atoms with Crippen molar-refractivity contribution in [3.8, 4) is 0 Å². The number of thiophene rings is 1. The predicted molar refractivity (Wildman–Crippen MR) is 80.2 cm³/mol. The lowest BCUT2D eigenvalue weighted by Gasteiger charge is -2.11. The quantitative estimate of drug-likeness (QED) is 0.878. The highest BCUT2D eigenvalue weighted by atomic mass is 32.1. The van der Waals surface area contributed by atoms with Crippen LogP contribution in [0.15, 0.2) is 5.38 Å². The minimum Gasteiger partial charge on any atom is -0.465 e. The van der Waals surface area contributed by atoms with Gasteiger partial charge in [-0.2, -0.15) is 0 Å². The molecule has 0 radical (unpaired) electrons. The van der Waals surface area contributed by atoms with E-state index in [9.17, 15) is 9.59 Å². The number of nitrogens with zero attached hydrogens (tertiary/aromatic N) is 2. The molecule has 0 unspecified atom stereocenters. The first kappa shape index (κ1) is 14.2. The average molecular weight is 323 g/mol. The van der Waals surface area contributed by atoms with Gasteiger partial charge in [-0.25, -0.2) is 4.79 Å². The normalized spacial score (nSPS) is 13.6. The third-order valence-corrected chi connectivity index (χ3v) is 5.09. The van der Waals surface area contributed by atoms with Crippen LogP contribution in [0.4, 0.5) is 5.00 Å². The molecular formula is C13H13N3O3S2. The Bertz CT molecular complexity index is 679. The average Bonchev–Trinajstić information content (AvgIpc) is 3.13. The first-order valence-corrected chi connectivity index (χ1v) is 8.17. The molecule has 2 aromatic heterocycles. The van der Waals surface area contributed by atoms with E-state index < -0.39 is 5.97 Å². The Labute approximate surface area is 129 Å². The minimum absolute atomic E-state index is 0.252. The zero-order chi connectivity index (χ0) is 14.8. The number of amides is 1. The lowest BCUT2D eigenvalue weighted by Crippen LogP contribution is -2.15. The Morgan fingerprint density at radius 2 is 2.14 bits per heavy atom. The van der Waals surface area contributed by atoms with Gasteiger partial charge in [0.15, 0.2) is 5.69 Å². The highest BCUT2D eigenvalue weighted by Gasteiger charge is 2.27. The van der Waals surface area contributed by atoms with E-state index in [-0.39, 0.29) is 11.6 Å². The largest absolute Gasteiger partial charge is 0.465 e. The summed E-state index contributed by atoms with van der Waals surface area (Å²) >= 11 is 2.56. The van der Waals surface area contributed by atoms with Crippen molar-refractivity contribution in [2.45, 2.75) is 25.7 Å². The van der Waals surface area contributed by atoms with Gasteiger partial charge < -0.3 is 10.1 Å². The van der Waals surface area contributed by atoms with Crippen LogP contribution < -0.4 is 5.32 Å². The Morgan fingerprint density at radius 3 is 2.86 bits per heavy atom. The molecule has 0 aromatic carbocycles. The van der Waals surface area contributed by atoms with Crippen LogP contribution in [-0.2, 0) is 17.6 Å². The molecule has 1 N–H and O–H groups in total. The summed E-state index contributed by atoms with van der Waals surface area (Å²) in [5.41, 5.74) is 1.76. The third kappa shape index (κ3) is 2.68. The number of hydrogen-bond donors (Lipinski definition) is 1. The van der Waals surface area contributed by atoms with Crippen LogP contribution in [-0.4, -0.2) is 28.6 Å². The molecule has 21 heavy (non-hydrogen) atoms. The summed E-state index contributed by atoms with van der Waals surface area (Å²) in [7, 11) is 1.35. The molecule has 110 valence electrons. The number of carbonyl (C=O) groups is 2. The van der Waals surface area contributed by atoms with Crippen molar-refractivity contribution in [2.24, 2.45) is 0 Å². The van der Waals surface area contributed by atoms with Gasteiger partial charge in [-0.05, 0) is 42.8 Å². The second kappa shape index (κ2) is 5.90. The molecule has 1 amide bonds. The van der Waals surface area contributed by atoms with Gasteiger partial charge >= 0.3 is 5.97 Å². The molecule has 0 spiro atoms. The van der Waals surface area contributed by atoms with Crippen LogP contribution in [0.5, 0.6) is 0 Å². The number of esters is 1. The number of fused-ring (bicyclic) bond motifs is 1. The molecule has 0 saturated heterocycles. The molecule has 8 heteroatoms. The van der Waals surface area contributed by atoms with Gasteiger partial charge in [0.1, 0.15) is 5.00 Å². The predicted octanol–water partition coefficient (Wildman–Crippen LogP) is 2.52. The van der Waals surface area contributed by atoms with E-state index in [0.29, 0.717) is 10.6 Å². The van der Waals surface area contributed by atoms with Crippen LogP contribution in [0.25, 0.3) is 0 Å². The minimum atomic E-state index is -0.402. The van der Waals surface area contributed by atoms with Crippen LogP contribution >= 0.6 is 22.9 Å². The zero-order valence-corrected chi connectivity index (χ0v) is 13.0. The van der Waals surface area contributed by atoms with Gasteiger partial charge in [-0.3, -0.25) is 4.79 Å². The van der Waals surface area contributed by atoms with Gasteiger partial charge in [0, 0.05) is 10.3 Å². The smallest absolute Gasteiger partial charge is 0.341 e. The first-order valence-electron chi connectivity index (χ1n) is 6.52. The number of nitrogens with one attached hydrogen (secondary N) is 1. The van der Waals surface area contributed by atoms with E-state index in [1.807, 2.05) is 0 Å². The number of hydrogen-bond acceptors (Lipinski definition) is 7. The molecule has 0 fully saturated rings. The van der Waals surface area contributed by atoms with Crippen molar-refractivity contribution in [2.75, 3.05) is 12.4 Å². The van der Waals surface area contributed by atoms with Gasteiger partial charge in [-0.15, -0.1) is 16.4 Å². The van der Waals surface area contributed by atoms with Gasteiger partial charge in [0.2, 0.25) is 0 Å². The summed E-state index contributed by atoms with van der Waals surface area (Å²) < 4.78 is 8.53. The molecule has 3 rings (SSSR count). The third-order valence-electron chi connectivity index (χ3n) is 3.38. The summed E-state index contributed by atoms with van der Waals surface area (Å²) in [4.78, 5) is 25.3. The fourth-order valence-corrected chi connectivity index (χ4v) is 4.11. The molecule has 2 aromatic rings. The van der Waals surface area contributed by atoms with Crippen LogP contribution in [0.3, 0.4) is 0 Å². The molecule has 0 saturated carbocycles. The van der Waals surface area contributed by atoms with E-state index in [1.165, 1.54) is 18.4 Å². The van der Waals surface area contributed by atoms with Crippen molar-refractivity contribution in [3.05, 3.63) is 27.1 Å². The van der Waals surface area contributed by atoms with E-state index in [4.69, 9.17) is 4.74 Å². The zero-order valence-electron chi connectivity index (χ0n) is 11.3. The van der Waals surface area contributed by atoms with Crippen molar-refractivity contribution in [1.82, 2.24) is 9.59 Å². The molecule has 0 atom stereocenters. The summed E-state index contributed by atoms with van der Waals surface area (Å²) in [6.45, 7) is 0. The van der Waals surface area contributed by atoms with E-state index in [0.717, 1.165) is 47.7 Å². The Kier molecular flexibility index (Phi) is 3.98. The van der Waals surface area contributed by atoms with E-state index in [2.05, 4.69) is 14.9 Å². The number of carbonyl (C=O) groups excluding carboxylic acids is 2. The molecule has 1 aliphatic carbocycles. The summed E-state index contributed by atoms with van der Waals surface area (Å²) in [5, 5.41) is 8.62. The highest BCUT2D eigenvalue weighted by Crippen LogP contribution is 2.38. The number of rotatable bonds is 3. The fourth-order valence-electron chi connectivity index (χ4n) is 2.40. The maximum absolute atomic E-state index is 12.1. The van der Waals surface area contributed by atoms with Crippen LogP contribution in [0, 0.1) is 0 Å². The maximum atomic E-state index is 12.1. The topological polar surface area (TPSA) is 81.2 Å². The second-order valence-electron chi connectivity index (χ2n) is 4.65. The summed E-state index contributed by atoms with van der Waals surface area (Å²) in [5.74, 6) is -0.756. The van der Waals surface area contributed by atoms with Crippen molar-refractivity contribution in [1.29, 1.82) is 0 Å². The van der Waals surface area contributed by atoms with E-state index in [1.54, 1.807) is 5.38 Å². The van der Waals surface area contributed by atoms with Crippen molar-refractivity contribution < 1.29 is 14.3 Å². The SMILES string of the molecule is COC(=O)c1c(NC(=O)c2csnn2)sc2c1CCCC2. The van der Waals surface area contributed by atoms with Gasteiger partial charge in [0.25, 0.3) is 5.91 Å². The Morgan fingerprint density at radius 1 is 1.33 bits per heavy atom. The van der Waals surface area contributed by atoms with E-state index >= 15 is 0 Å². The van der Waals surface area contributed by atoms with Gasteiger partial charge in [-0.1, -0.05) is 4.49 Å². The maximum Gasteiger partial charge on any atom is 0.341 e. The summed E-state index contributed by atoms with van der Waals surface area (Å²) in [6.07, 6.45) is 3.96. The number of anilines is 1. The van der Waals surface area contributed by atoms with Crippen LogP contribution in [0.1, 0.15) is 44.1 Å². The highest BCUT2D eigenvalue weighted by molar-refractivity contribution is 7.17. The van der Waals surface area contributed by atoms with Gasteiger partial charge in [0.05, 0.1) is 12.7 Å². The first-order chi connectivity index (χ1) is 10.2. The van der Waals surface area contributed by atoms with Crippen LogP contribution in [0.2, 0.25) is 0 Å². The Hall–Kier alpha value is -1.80. The Balaban J connectivity index is 1.95. The van der Waals surface area contributed by atoms with Crippen molar-refractivity contribution in [3.63, 3.8) is 0 Å². The molecular weight excluding hydrogens is 310 g/mol. The molecule has 2 heterocycles. The standard InChI is InChI=1S/C13H13N3O3S2/c1-19-13(18)10-7-4-2-3-5-9(7)21-12(10)14-11(17)8-6-20-16-15-8/h6H,2-5H2,1H3,(H,14,17). The lowest BCUT2D eigenvalue weighted by atomic mass is 9.95. The van der Waals surface area contributed by atoms with Crippen molar-refractivity contribution >= 4 is 39.7 Å². The number of aromatic nitrogens is 2. The molecule has 0 bridgehead atoms. The number of methoxy groups -OCH3 is 1. The monoisotopic (exact) mass is 323 g/mol. The number of ether oxygens (including phenoxy) is 1. The fraction of sp³-hybridized carbons (Fsp3) is 0.385. The molecule has 1 aliphatic rings. The summed E-state index contributed by atoms with van der Waals surface area (Å²) in [6, 6.07) is 0. The molecule has 0 aliphatic heterocycles. The lowest BCUT2D eigenvalue weighted by molar-refractivity contribution is 0.0601. The second-order valence-corrected chi connectivity index (χ2v) is 6.37. The number of aryl methyl sites for hydroxylation is 1. The molecule has 6 nitrogen and oxygen atoms in total.